The first-order valence-electron chi connectivity index (χ1n) is 5.05. The lowest BCUT2D eigenvalue weighted by molar-refractivity contribution is -0.145. The molecule has 0 spiro atoms. The maximum atomic E-state index is 11.4. The number of carbonyl (C=O) groups excluding carboxylic acids is 2. The molecular formula is C11H16ClNO4. The van der Waals surface area contributed by atoms with E-state index in [4.69, 9.17) is 21.3 Å². The van der Waals surface area contributed by atoms with Crippen molar-refractivity contribution >= 4 is 23.7 Å². The molecule has 6 heteroatoms. The van der Waals surface area contributed by atoms with Crippen molar-refractivity contribution in [3.8, 4) is 0 Å². The molecule has 0 amide bonds. The van der Waals surface area contributed by atoms with Crippen molar-refractivity contribution in [2.75, 3.05) is 13.2 Å². The maximum absolute atomic E-state index is 11.4. The van der Waals surface area contributed by atoms with Crippen molar-refractivity contribution in [1.29, 1.82) is 0 Å². The van der Waals surface area contributed by atoms with Crippen LogP contribution in [0.2, 0.25) is 0 Å². The molecule has 0 fully saturated rings. The van der Waals surface area contributed by atoms with Crippen molar-refractivity contribution < 1.29 is 19.1 Å². The average molecular weight is 262 g/mol. The predicted molar refractivity (Wildman–Crippen MR) is 64.3 cm³/mol. The van der Waals surface area contributed by atoms with E-state index in [2.05, 4.69) is 18.0 Å². The van der Waals surface area contributed by atoms with Crippen LogP contribution in [0.5, 0.6) is 0 Å². The number of esters is 2. The zero-order chi connectivity index (χ0) is 13.1. The number of rotatable bonds is 9. The van der Waals surface area contributed by atoms with Gasteiger partial charge in [-0.15, -0.1) is 0 Å². The van der Waals surface area contributed by atoms with E-state index >= 15 is 0 Å². The normalized spacial score (nSPS) is 11.4. The molecule has 0 aromatic heterocycles. The van der Waals surface area contributed by atoms with Crippen molar-refractivity contribution in [2.45, 2.75) is 18.9 Å². The van der Waals surface area contributed by atoms with Gasteiger partial charge in [0.1, 0.15) is 19.3 Å². The summed E-state index contributed by atoms with van der Waals surface area (Å²) in [7, 11) is 0. The molecule has 0 saturated carbocycles. The molecule has 17 heavy (non-hydrogen) atoms. The van der Waals surface area contributed by atoms with Gasteiger partial charge in [0, 0.05) is 6.42 Å². The second-order valence-electron chi connectivity index (χ2n) is 3.09. The van der Waals surface area contributed by atoms with Gasteiger partial charge in [-0.1, -0.05) is 25.3 Å². The fourth-order valence-corrected chi connectivity index (χ4v) is 1.14. The van der Waals surface area contributed by atoms with Gasteiger partial charge in [-0.2, -0.15) is 0 Å². The summed E-state index contributed by atoms with van der Waals surface area (Å²) in [6.07, 6.45) is 3.19. The third-order valence-corrected chi connectivity index (χ3v) is 2.02. The molecule has 5 nitrogen and oxygen atoms in total. The number of ether oxygens (including phenoxy) is 2. The molecule has 0 unspecified atom stereocenters. The van der Waals surface area contributed by atoms with Crippen LogP contribution < -0.4 is 4.84 Å². The van der Waals surface area contributed by atoms with Crippen LogP contribution in [-0.2, 0) is 19.1 Å². The summed E-state index contributed by atoms with van der Waals surface area (Å²) >= 11 is 5.38. The molecule has 0 rings (SSSR count). The van der Waals surface area contributed by atoms with E-state index in [1.54, 1.807) is 0 Å². The fourth-order valence-electron chi connectivity index (χ4n) is 0.945. The number of hydrogen-bond donors (Lipinski definition) is 1. The summed E-state index contributed by atoms with van der Waals surface area (Å²) in [6.45, 7) is 7.08. The molecule has 0 aromatic carbocycles. The summed E-state index contributed by atoms with van der Waals surface area (Å²) in [4.78, 5) is 24.8. The first-order valence-corrected chi connectivity index (χ1v) is 5.43. The highest BCUT2D eigenvalue weighted by molar-refractivity contribution is 6.14. The highest BCUT2D eigenvalue weighted by Crippen LogP contribution is 2.03. The molecule has 1 N–H and O–H groups in total. The van der Waals surface area contributed by atoms with E-state index in [9.17, 15) is 9.59 Å². The largest absolute Gasteiger partial charge is 0.461 e. The van der Waals surface area contributed by atoms with Gasteiger partial charge in [0.2, 0.25) is 0 Å². The summed E-state index contributed by atoms with van der Waals surface area (Å²) in [5.41, 5.74) is 0. The molecule has 0 heterocycles. The van der Waals surface area contributed by atoms with E-state index in [-0.39, 0.29) is 26.1 Å². The van der Waals surface area contributed by atoms with Crippen LogP contribution in [0.3, 0.4) is 0 Å². The SMILES string of the molecule is C=CCOC(=O)CC[C@H](NCl)C(=O)OCC=C. The van der Waals surface area contributed by atoms with Crippen molar-refractivity contribution in [2.24, 2.45) is 0 Å². The van der Waals surface area contributed by atoms with Crippen LogP contribution in [0.1, 0.15) is 12.8 Å². The highest BCUT2D eigenvalue weighted by atomic mass is 35.5. The van der Waals surface area contributed by atoms with Gasteiger partial charge in [-0.3, -0.25) is 9.59 Å². The predicted octanol–water partition coefficient (Wildman–Crippen LogP) is 1.34. The van der Waals surface area contributed by atoms with Crippen LogP contribution in [0, 0.1) is 0 Å². The van der Waals surface area contributed by atoms with Gasteiger partial charge < -0.3 is 9.47 Å². The average Bonchev–Trinajstić information content (AvgIpc) is 2.34. The van der Waals surface area contributed by atoms with Gasteiger partial charge in [-0.25, -0.2) is 4.84 Å². The Kier molecular flexibility index (Phi) is 9.09. The Balaban J connectivity index is 3.95. The first kappa shape index (κ1) is 15.7. The minimum Gasteiger partial charge on any atom is -0.461 e. The summed E-state index contributed by atoms with van der Waals surface area (Å²) < 4.78 is 9.54. The third kappa shape index (κ3) is 7.54. The quantitative estimate of drug-likeness (QED) is 0.385. The number of nitrogens with one attached hydrogen (secondary N) is 1. The second-order valence-corrected chi connectivity index (χ2v) is 3.31. The Hall–Kier alpha value is -1.33. The van der Waals surface area contributed by atoms with E-state index < -0.39 is 18.0 Å². The third-order valence-electron chi connectivity index (χ3n) is 1.76. The standard InChI is InChI=1S/C11H16ClNO4/c1-3-7-16-10(14)6-5-9(13-12)11(15)17-8-4-2/h3-4,9,13H,1-2,5-8H2/t9-/m0/s1. The summed E-state index contributed by atoms with van der Waals surface area (Å²) in [6, 6.07) is -0.743. The minimum atomic E-state index is -0.743. The molecular weight excluding hydrogens is 246 g/mol. The monoisotopic (exact) mass is 261 g/mol. The molecule has 0 aliphatic heterocycles. The van der Waals surface area contributed by atoms with Gasteiger partial charge in [0.05, 0.1) is 0 Å². The van der Waals surface area contributed by atoms with E-state index in [0.29, 0.717) is 0 Å². The van der Waals surface area contributed by atoms with Gasteiger partial charge in [0.15, 0.2) is 0 Å². The molecule has 0 aliphatic carbocycles. The number of halogens is 1. The fraction of sp³-hybridized carbons (Fsp3) is 0.455. The second kappa shape index (κ2) is 9.86. The first-order chi connectivity index (χ1) is 8.15. The number of carbonyl (C=O) groups is 2. The molecule has 0 aliphatic rings. The van der Waals surface area contributed by atoms with Gasteiger partial charge in [0.25, 0.3) is 0 Å². The van der Waals surface area contributed by atoms with Crippen LogP contribution in [-0.4, -0.2) is 31.2 Å². The smallest absolute Gasteiger partial charge is 0.324 e. The lowest BCUT2D eigenvalue weighted by atomic mass is 10.2. The molecule has 0 aromatic rings. The van der Waals surface area contributed by atoms with Crippen molar-refractivity contribution in [3.63, 3.8) is 0 Å². The molecule has 1 atom stereocenters. The van der Waals surface area contributed by atoms with Crippen molar-refractivity contribution in [3.05, 3.63) is 25.3 Å². The van der Waals surface area contributed by atoms with Crippen LogP contribution in [0.15, 0.2) is 25.3 Å². The summed E-state index contributed by atoms with van der Waals surface area (Å²) in [5, 5.41) is 0. The molecule has 0 bridgehead atoms. The van der Waals surface area contributed by atoms with Crippen molar-refractivity contribution in [1.82, 2.24) is 4.84 Å². The lowest BCUT2D eigenvalue weighted by Crippen LogP contribution is -2.33. The lowest BCUT2D eigenvalue weighted by Gasteiger charge is -2.12. The Morgan fingerprint density at radius 1 is 1.24 bits per heavy atom. The molecule has 0 saturated heterocycles. The summed E-state index contributed by atoms with van der Waals surface area (Å²) in [5.74, 6) is -0.949. The van der Waals surface area contributed by atoms with Crippen LogP contribution in [0.25, 0.3) is 0 Å². The highest BCUT2D eigenvalue weighted by Gasteiger charge is 2.20. The van der Waals surface area contributed by atoms with Gasteiger partial charge >= 0.3 is 11.9 Å². The Bertz CT molecular complexity index is 281. The van der Waals surface area contributed by atoms with E-state index in [1.165, 1.54) is 12.2 Å². The molecule has 96 valence electrons. The van der Waals surface area contributed by atoms with E-state index in [1.807, 2.05) is 0 Å². The van der Waals surface area contributed by atoms with Gasteiger partial charge in [-0.05, 0) is 18.2 Å². The Morgan fingerprint density at radius 2 is 1.82 bits per heavy atom. The van der Waals surface area contributed by atoms with E-state index in [0.717, 1.165) is 0 Å². The topological polar surface area (TPSA) is 64.6 Å². The minimum absolute atomic E-state index is 0.0708. The zero-order valence-electron chi connectivity index (χ0n) is 9.49. The Labute approximate surface area is 106 Å². The Morgan fingerprint density at radius 3 is 2.35 bits per heavy atom. The van der Waals surface area contributed by atoms with Crippen LogP contribution in [0.4, 0.5) is 0 Å². The number of hydrogen-bond acceptors (Lipinski definition) is 5. The maximum Gasteiger partial charge on any atom is 0.324 e. The zero-order valence-corrected chi connectivity index (χ0v) is 10.2. The van der Waals surface area contributed by atoms with Crippen LogP contribution >= 0.6 is 11.8 Å². The molecule has 0 radical (unpaired) electrons.